The van der Waals surface area contributed by atoms with E-state index in [1.54, 1.807) is 23.5 Å². The quantitative estimate of drug-likeness (QED) is 0.524. The van der Waals surface area contributed by atoms with E-state index < -0.39 is 0 Å². The van der Waals surface area contributed by atoms with Crippen LogP contribution in [-0.2, 0) is 6.54 Å². The fourth-order valence-corrected chi connectivity index (χ4v) is 4.19. The molecule has 0 unspecified atom stereocenters. The van der Waals surface area contributed by atoms with E-state index in [-0.39, 0.29) is 5.91 Å². The topological polar surface area (TPSA) is 34.4 Å². The lowest BCUT2D eigenvalue weighted by Crippen LogP contribution is -2.16. The second kappa shape index (κ2) is 7.11. The van der Waals surface area contributed by atoms with Gasteiger partial charge < -0.3 is 4.57 Å². The van der Waals surface area contributed by atoms with Crippen molar-refractivity contribution in [2.45, 2.75) is 19.9 Å². The van der Waals surface area contributed by atoms with Gasteiger partial charge in [-0.25, -0.2) is 0 Å². The highest BCUT2D eigenvalue weighted by Gasteiger charge is 2.09. The molecule has 3 aromatic rings. The Morgan fingerprint density at radius 2 is 1.83 bits per heavy atom. The minimum Gasteiger partial charge on any atom is -0.316 e. The zero-order valence-corrected chi connectivity index (χ0v) is 16.4. The van der Waals surface area contributed by atoms with Crippen molar-refractivity contribution in [3.8, 4) is 0 Å². The maximum absolute atomic E-state index is 12.4. The summed E-state index contributed by atoms with van der Waals surface area (Å²) in [7, 11) is 0. The monoisotopic (exact) mass is 452 g/mol. The third kappa shape index (κ3) is 3.65. The number of carbonyl (C=O) groups excluding carboxylic acids is 1. The Kier molecular flexibility index (Phi) is 5.14. The van der Waals surface area contributed by atoms with Crippen molar-refractivity contribution >= 4 is 59.3 Å². The summed E-state index contributed by atoms with van der Waals surface area (Å²) < 4.78 is 5.21. The van der Waals surface area contributed by atoms with Gasteiger partial charge in [-0.05, 0) is 48.9 Å². The lowest BCUT2D eigenvalue weighted by molar-refractivity contribution is 0.0998. The van der Waals surface area contributed by atoms with Gasteiger partial charge >= 0.3 is 0 Å². The first-order chi connectivity index (χ1) is 11.1. The minimum absolute atomic E-state index is 0.215. The summed E-state index contributed by atoms with van der Waals surface area (Å²) >= 11 is 8.41. The van der Waals surface area contributed by atoms with E-state index in [1.165, 1.54) is 0 Å². The molecule has 0 aliphatic rings. The molecular formula is C17H14Br2N2OS. The van der Waals surface area contributed by atoms with E-state index in [0.717, 1.165) is 36.9 Å². The van der Waals surface area contributed by atoms with E-state index in [9.17, 15) is 4.79 Å². The molecule has 6 heteroatoms. The number of benzene rings is 2. The van der Waals surface area contributed by atoms with Gasteiger partial charge in [0.25, 0.3) is 5.91 Å². The van der Waals surface area contributed by atoms with Gasteiger partial charge in [-0.2, -0.15) is 4.99 Å². The third-order valence-corrected chi connectivity index (χ3v) is 5.44. The van der Waals surface area contributed by atoms with Crippen LogP contribution in [0.2, 0.25) is 0 Å². The average Bonchev–Trinajstić information content (AvgIpc) is 2.85. The van der Waals surface area contributed by atoms with Crippen LogP contribution in [0, 0.1) is 0 Å². The predicted octanol–water partition coefficient (Wildman–Crippen LogP) is 5.38. The molecule has 0 aliphatic heterocycles. The van der Waals surface area contributed by atoms with Gasteiger partial charge in [-0.3, -0.25) is 4.79 Å². The van der Waals surface area contributed by atoms with Crippen LogP contribution in [-0.4, -0.2) is 10.5 Å². The molecule has 3 rings (SSSR count). The normalized spacial score (nSPS) is 12.0. The first kappa shape index (κ1) is 16.6. The third-order valence-electron chi connectivity index (χ3n) is 3.38. The Bertz CT molecular complexity index is 926. The number of thiazole rings is 1. The molecule has 0 aliphatic carbocycles. The molecule has 0 N–H and O–H groups in total. The van der Waals surface area contributed by atoms with Gasteiger partial charge in [0, 0.05) is 21.1 Å². The molecule has 0 spiro atoms. The van der Waals surface area contributed by atoms with Crippen molar-refractivity contribution in [3.63, 3.8) is 0 Å². The Morgan fingerprint density at radius 3 is 2.52 bits per heavy atom. The van der Waals surface area contributed by atoms with Crippen LogP contribution >= 0.6 is 43.2 Å². The Balaban J connectivity index is 2.12. The second-order valence-electron chi connectivity index (χ2n) is 5.07. The van der Waals surface area contributed by atoms with Crippen LogP contribution in [0.5, 0.6) is 0 Å². The SMILES string of the molecule is CCCn1c(=NC(=O)c2ccc(Br)cc2)sc2cc(Br)ccc21. The Morgan fingerprint density at radius 1 is 1.13 bits per heavy atom. The van der Waals surface area contributed by atoms with Crippen molar-refractivity contribution in [2.24, 2.45) is 4.99 Å². The van der Waals surface area contributed by atoms with Gasteiger partial charge in [0.05, 0.1) is 10.2 Å². The summed E-state index contributed by atoms with van der Waals surface area (Å²) in [5.41, 5.74) is 1.71. The molecule has 118 valence electrons. The van der Waals surface area contributed by atoms with Crippen LogP contribution in [0.4, 0.5) is 0 Å². The van der Waals surface area contributed by atoms with Gasteiger partial charge in [0.2, 0.25) is 0 Å². The van der Waals surface area contributed by atoms with Crippen LogP contribution < -0.4 is 4.80 Å². The summed E-state index contributed by atoms with van der Waals surface area (Å²) in [6.45, 7) is 2.96. The zero-order valence-electron chi connectivity index (χ0n) is 12.4. The molecule has 1 heterocycles. The van der Waals surface area contributed by atoms with Crippen molar-refractivity contribution in [2.75, 3.05) is 0 Å². The Labute approximate surface area is 154 Å². The fraction of sp³-hybridized carbons (Fsp3) is 0.176. The van der Waals surface area contributed by atoms with Gasteiger partial charge in [0.15, 0.2) is 4.80 Å². The van der Waals surface area contributed by atoms with Crippen molar-refractivity contribution in [3.05, 3.63) is 61.8 Å². The molecule has 0 atom stereocenters. The first-order valence-corrected chi connectivity index (χ1v) is 9.62. The summed E-state index contributed by atoms with van der Waals surface area (Å²) in [5.74, 6) is -0.215. The summed E-state index contributed by atoms with van der Waals surface area (Å²) in [6, 6.07) is 13.4. The number of carbonyl (C=O) groups is 1. The zero-order chi connectivity index (χ0) is 16.4. The number of aryl methyl sites for hydroxylation is 1. The van der Waals surface area contributed by atoms with E-state index in [1.807, 2.05) is 18.2 Å². The van der Waals surface area contributed by atoms with Crippen molar-refractivity contribution in [1.29, 1.82) is 0 Å². The molecule has 0 fully saturated rings. The summed E-state index contributed by atoms with van der Waals surface area (Å²) in [5, 5.41) is 0. The second-order valence-corrected chi connectivity index (χ2v) is 7.91. The number of hydrogen-bond donors (Lipinski definition) is 0. The van der Waals surface area contributed by atoms with E-state index >= 15 is 0 Å². The highest BCUT2D eigenvalue weighted by molar-refractivity contribution is 9.10. The molecule has 1 aromatic heterocycles. The van der Waals surface area contributed by atoms with Gasteiger partial charge in [0.1, 0.15) is 0 Å². The van der Waals surface area contributed by atoms with Crippen molar-refractivity contribution < 1.29 is 4.79 Å². The molecule has 3 nitrogen and oxygen atoms in total. The highest BCUT2D eigenvalue weighted by Crippen LogP contribution is 2.22. The van der Waals surface area contributed by atoms with E-state index in [0.29, 0.717) is 5.56 Å². The van der Waals surface area contributed by atoms with E-state index in [4.69, 9.17) is 0 Å². The molecule has 23 heavy (non-hydrogen) atoms. The van der Waals surface area contributed by atoms with Crippen LogP contribution in [0.25, 0.3) is 10.2 Å². The molecule has 1 amide bonds. The number of nitrogens with zero attached hydrogens (tertiary/aromatic N) is 2. The van der Waals surface area contributed by atoms with Gasteiger partial charge in [-0.1, -0.05) is 50.1 Å². The summed E-state index contributed by atoms with van der Waals surface area (Å²) in [6.07, 6.45) is 0.988. The minimum atomic E-state index is -0.215. The molecule has 0 bridgehead atoms. The molecule has 0 saturated carbocycles. The lowest BCUT2D eigenvalue weighted by atomic mass is 10.2. The number of hydrogen-bond acceptors (Lipinski definition) is 2. The van der Waals surface area contributed by atoms with Gasteiger partial charge in [-0.15, -0.1) is 0 Å². The number of aromatic nitrogens is 1. The fourth-order valence-electron chi connectivity index (χ4n) is 2.32. The van der Waals surface area contributed by atoms with Crippen LogP contribution in [0.3, 0.4) is 0 Å². The number of amides is 1. The maximum Gasteiger partial charge on any atom is 0.279 e. The van der Waals surface area contributed by atoms with E-state index in [2.05, 4.69) is 60.5 Å². The molecule has 0 saturated heterocycles. The number of halogens is 2. The van der Waals surface area contributed by atoms with Crippen molar-refractivity contribution in [1.82, 2.24) is 4.57 Å². The molecular weight excluding hydrogens is 440 g/mol. The largest absolute Gasteiger partial charge is 0.316 e. The first-order valence-electron chi connectivity index (χ1n) is 7.22. The Hall–Kier alpha value is -1.24. The average molecular weight is 454 g/mol. The standard InChI is InChI=1S/C17H14Br2N2OS/c1-2-9-21-14-8-7-13(19)10-15(14)23-17(21)20-16(22)11-3-5-12(18)6-4-11/h3-8,10H,2,9H2,1H3. The number of rotatable bonds is 3. The molecule has 2 aromatic carbocycles. The number of fused-ring (bicyclic) bond motifs is 1. The predicted molar refractivity (Wildman–Crippen MR) is 102 cm³/mol. The summed E-state index contributed by atoms with van der Waals surface area (Å²) in [4.78, 5) is 17.5. The highest BCUT2D eigenvalue weighted by atomic mass is 79.9. The van der Waals surface area contributed by atoms with Crippen LogP contribution in [0.1, 0.15) is 23.7 Å². The molecule has 0 radical (unpaired) electrons. The maximum atomic E-state index is 12.4. The smallest absolute Gasteiger partial charge is 0.279 e. The lowest BCUT2D eigenvalue weighted by Gasteiger charge is -2.02. The van der Waals surface area contributed by atoms with Crippen LogP contribution in [0.15, 0.2) is 56.4 Å².